The lowest BCUT2D eigenvalue weighted by atomic mass is 11.4. The maximum Gasteiger partial charge on any atom is 0.562 e. The molecule has 9 heteroatoms. The Morgan fingerprint density at radius 2 is 1.27 bits per heavy atom. The molecule has 0 radical (unpaired) electrons. The Balaban J connectivity index is 3.27. The summed E-state index contributed by atoms with van der Waals surface area (Å²) in [6.07, 6.45) is -2.82. The van der Waals surface area contributed by atoms with Gasteiger partial charge in [-0.2, -0.15) is 21.4 Å². The molecule has 0 saturated heterocycles. The van der Waals surface area contributed by atoms with Crippen molar-refractivity contribution in [1.29, 1.82) is 0 Å². The average Bonchev–Trinajstić information content (AvgIpc) is 2.04. The van der Waals surface area contributed by atoms with Crippen LogP contribution in [0.5, 0.6) is 0 Å². The molecule has 0 atom stereocenters. The van der Waals surface area contributed by atoms with E-state index in [4.69, 9.17) is 0 Å². The third-order valence-corrected chi connectivity index (χ3v) is 0.397. The van der Waals surface area contributed by atoms with Gasteiger partial charge in [0, 0.05) is 0 Å². The topological polar surface area (TPSA) is 132 Å². The Hall–Kier alpha value is -1.58. The molecule has 0 heterocycles. The highest BCUT2D eigenvalue weighted by Gasteiger charge is 2.07. The van der Waals surface area contributed by atoms with Gasteiger partial charge in [0.2, 0.25) is 0 Å². The minimum atomic E-state index is -1.41. The predicted octanol–water partition coefficient (Wildman–Crippen LogP) is -1.11. The van der Waals surface area contributed by atoms with Crippen molar-refractivity contribution in [2.24, 2.45) is 11.8 Å². The maximum atomic E-state index is 9.92. The van der Waals surface area contributed by atoms with Crippen LogP contribution >= 0.6 is 0 Å². The summed E-state index contributed by atoms with van der Waals surface area (Å²) in [6, 6.07) is 0. The van der Waals surface area contributed by atoms with Gasteiger partial charge in [0.25, 0.3) is 0 Å². The van der Waals surface area contributed by atoms with Crippen LogP contribution < -0.4 is 11.8 Å². The van der Waals surface area contributed by atoms with E-state index in [1.165, 1.54) is 0 Å². The van der Waals surface area contributed by atoms with E-state index in [2.05, 4.69) is 36.3 Å². The summed E-state index contributed by atoms with van der Waals surface area (Å²) in [5.41, 5.74) is 0. The van der Waals surface area contributed by atoms with Gasteiger partial charge < -0.3 is 9.68 Å². The lowest BCUT2D eigenvalue weighted by Crippen LogP contribution is -2.16. The fraction of sp³-hybridized carbons (Fsp3) is 0. The van der Waals surface area contributed by atoms with E-state index in [-0.39, 0.29) is 0 Å². The Bertz CT molecular complexity index is 129. The Morgan fingerprint density at radius 3 is 1.55 bits per heavy atom. The van der Waals surface area contributed by atoms with Crippen molar-refractivity contribution < 1.29 is 34.1 Å². The van der Waals surface area contributed by atoms with Crippen molar-refractivity contribution in [1.82, 2.24) is 0 Å². The van der Waals surface area contributed by atoms with Crippen molar-refractivity contribution in [2.75, 3.05) is 0 Å². The van der Waals surface area contributed by atoms with Crippen molar-refractivity contribution >= 4 is 12.3 Å². The standard InChI is InChI=1S/C2H4N2O7/c3-7-1(5)9-11-10-2(6)8-4/h3-4H2. The molecule has 9 nitrogen and oxygen atoms in total. The van der Waals surface area contributed by atoms with E-state index < -0.39 is 12.3 Å². The fourth-order valence-corrected chi connectivity index (χ4v) is 0.112. The first-order valence-corrected chi connectivity index (χ1v) is 2.03. The number of carbonyl (C=O) groups excluding carboxylic acids is 2. The second-order valence-corrected chi connectivity index (χ2v) is 0.970. The van der Waals surface area contributed by atoms with Crippen molar-refractivity contribution in [3.63, 3.8) is 0 Å². The quantitative estimate of drug-likeness (QED) is 0.388. The molecule has 0 aliphatic carbocycles. The Kier molecular flexibility index (Phi) is 4.47. The lowest BCUT2D eigenvalue weighted by Gasteiger charge is -1.97. The van der Waals surface area contributed by atoms with Crippen LogP contribution in [0.2, 0.25) is 0 Å². The number of hydrogen-bond acceptors (Lipinski definition) is 9. The van der Waals surface area contributed by atoms with E-state index in [0.29, 0.717) is 0 Å². The van der Waals surface area contributed by atoms with Gasteiger partial charge in [0.15, 0.2) is 0 Å². The summed E-state index contributed by atoms with van der Waals surface area (Å²) in [6.45, 7) is 0. The molecular formula is C2H4N2O7. The van der Waals surface area contributed by atoms with Crippen LogP contribution in [0.4, 0.5) is 9.59 Å². The number of rotatable bonds is 2. The normalized spacial score (nSPS) is 8.18. The number of hydrogen-bond donors (Lipinski definition) is 2. The monoisotopic (exact) mass is 168 g/mol. The minimum Gasteiger partial charge on any atom is -0.339 e. The summed E-state index contributed by atoms with van der Waals surface area (Å²) in [5, 5.41) is 3.43. The summed E-state index contributed by atoms with van der Waals surface area (Å²) in [7, 11) is 0. The van der Waals surface area contributed by atoms with Crippen LogP contribution in [-0.4, -0.2) is 12.3 Å². The smallest absolute Gasteiger partial charge is 0.339 e. The highest BCUT2D eigenvalue weighted by atomic mass is 17.5. The molecule has 64 valence electrons. The molecular weight excluding hydrogens is 164 g/mol. The first-order chi connectivity index (χ1) is 5.20. The molecule has 4 N–H and O–H groups in total. The van der Waals surface area contributed by atoms with Crippen LogP contribution in [0.1, 0.15) is 0 Å². The molecule has 0 saturated carbocycles. The van der Waals surface area contributed by atoms with Gasteiger partial charge in [-0.15, -0.1) is 0 Å². The van der Waals surface area contributed by atoms with Crippen LogP contribution in [0.25, 0.3) is 0 Å². The summed E-state index contributed by atoms with van der Waals surface area (Å²) in [5.74, 6) is 8.54. The second kappa shape index (κ2) is 5.22. The molecule has 0 unspecified atom stereocenters. The zero-order valence-corrected chi connectivity index (χ0v) is 5.01. The minimum absolute atomic E-state index is 1.41. The van der Waals surface area contributed by atoms with Crippen LogP contribution in [0.15, 0.2) is 0 Å². The molecule has 0 rings (SSSR count). The van der Waals surface area contributed by atoms with E-state index in [1.54, 1.807) is 0 Å². The van der Waals surface area contributed by atoms with Crippen LogP contribution in [-0.2, 0) is 24.5 Å². The fourth-order valence-electron chi connectivity index (χ4n) is 0.112. The molecule has 0 amide bonds. The SMILES string of the molecule is NOC(=O)OOOC(=O)ON. The summed E-state index contributed by atoms with van der Waals surface area (Å²) in [4.78, 5) is 33.7. The zero-order valence-electron chi connectivity index (χ0n) is 5.01. The van der Waals surface area contributed by atoms with Gasteiger partial charge in [-0.25, -0.2) is 9.78 Å². The highest BCUT2D eigenvalue weighted by Crippen LogP contribution is 1.86. The molecule has 0 aromatic rings. The molecule has 0 fully saturated rings. The van der Waals surface area contributed by atoms with E-state index >= 15 is 0 Å². The van der Waals surface area contributed by atoms with Gasteiger partial charge in [-0.3, -0.25) is 0 Å². The molecule has 0 aliphatic heterocycles. The van der Waals surface area contributed by atoms with Crippen molar-refractivity contribution in [2.45, 2.75) is 0 Å². The van der Waals surface area contributed by atoms with E-state index in [9.17, 15) is 9.59 Å². The molecule has 0 aliphatic rings. The Morgan fingerprint density at radius 1 is 0.909 bits per heavy atom. The third-order valence-electron chi connectivity index (χ3n) is 0.397. The molecule has 0 aromatic carbocycles. The maximum absolute atomic E-state index is 9.92. The van der Waals surface area contributed by atoms with Gasteiger partial charge in [-0.05, 0) is 0 Å². The summed E-state index contributed by atoms with van der Waals surface area (Å²) >= 11 is 0. The molecule has 11 heavy (non-hydrogen) atoms. The van der Waals surface area contributed by atoms with Crippen molar-refractivity contribution in [3.8, 4) is 0 Å². The first kappa shape index (κ1) is 9.42. The second-order valence-electron chi connectivity index (χ2n) is 0.970. The largest absolute Gasteiger partial charge is 0.562 e. The molecule has 0 bridgehead atoms. The van der Waals surface area contributed by atoms with E-state index in [1.807, 2.05) is 0 Å². The van der Waals surface area contributed by atoms with Crippen LogP contribution in [0.3, 0.4) is 0 Å². The first-order valence-electron chi connectivity index (χ1n) is 2.03. The third kappa shape index (κ3) is 4.90. The average molecular weight is 168 g/mol. The van der Waals surface area contributed by atoms with Crippen molar-refractivity contribution in [3.05, 3.63) is 0 Å². The van der Waals surface area contributed by atoms with Gasteiger partial charge in [0.05, 0.1) is 5.04 Å². The predicted molar refractivity (Wildman–Crippen MR) is 24.6 cm³/mol. The van der Waals surface area contributed by atoms with Gasteiger partial charge in [0.1, 0.15) is 0 Å². The van der Waals surface area contributed by atoms with E-state index in [0.717, 1.165) is 0 Å². The molecule has 0 aromatic heterocycles. The zero-order chi connectivity index (χ0) is 8.69. The van der Waals surface area contributed by atoms with Gasteiger partial charge in [-0.1, -0.05) is 0 Å². The van der Waals surface area contributed by atoms with Gasteiger partial charge >= 0.3 is 12.3 Å². The number of carbonyl (C=O) groups is 2. The Labute approximate surface area is 59.4 Å². The lowest BCUT2D eigenvalue weighted by molar-refractivity contribution is -0.458. The highest BCUT2D eigenvalue weighted by molar-refractivity contribution is 5.59. The number of nitrogens with two attached hydrogens (primary N) is 2. The van der Waals surface area contributed by atoms with Crippen LogP contribution in [0, 0.1) is 0 Å². The summed E-state index contributed by atoms with van der Waals surface area (Å²) < 4.78 is 0. The molecule has 0 spiro atoms.